The van der Waals surface area contributed by atoms with E-state index in [-0.39, 0.29) is 12.5 Å². The second-order valence-electron chi connectivity index (χ2n) is 6.61. The number of methoxy groups -OCH3 is 1. The maximum absolute atomic E-state index is 11.5. The van der Waals surface area contributed by atoms with Crippen LogP contribution in [0.25, 0.3) is 0 Å². The molecule has 0 aromatic carbocycles. The van der Waals surface area contributed by atoms with Gasteiger partial charge in [-0.05, 0) is 6.42 Å². The molecule has 0 saturated carbocycles. The molecule has 1 amide bonds. The summed E-state index contributed by atoms with van der Waals surface area (Å²) in [5.74, 6) is -0.276. The minimum absolute atomic E-state index is 0.0705. The van der Waals surface area contributed by atoms with Gasteiger partial charge in [0.2, 0.25) is 5.91 Å². The Labute approximate surface area is 159 Å². The van der Waals surface area contributed by atoms with Gasteiger partial charge in [0.1, 0.15) is 24.4 Å². The topological polar surface area (TPSA) is 138 Å². The highest BCUT2D eigenvalue weighted by molar-refractivity contribution is 5.73. The molecule has 1 aliphatic rings. The molecule has 1 rings (SSSR count). The summed E-state index contributed by atoms with van der Waals surface area (Å²) >= 11 is 0. The van der Waals surface area contributed by atoms with Crippen molar-refractivity contribution in [3.05, 3.63) is 12.2 Å². The Morgan fingerprint density at radius 2 is 1.96 bits per heavy atom. The summed E-state index contributed by atoms with van der Waals surface area (Å²) in [4.78, 5) is 11.5. The summed E-state index contributed by atoms with van der Waals surface area (Å²) < 4.78 is 16.3. The van der Waals surface area contributed by atoms with Gasteiger partial charge in [0.25, 0.3) is 0 Å². The number of ether oxygens (including phenoxy) is 3. The van der Waals surface area contributed by atoms with Crippen molar-refractivity contribution in [3.8, 4) is 0 Å². The van der Waals surface area contributed by atoms with Gasteiger partial charge in [0, 0.05) is 14.0 Å². The van der Waals surface area contributed by atoms with E-state index in [9.17, 15) is 25.2 Å². The van der Waals surface area contributed by atoms with Crippen LogP contribution in [0.15, 0.2) is 12.2 Å². The molecule has 1 heterocycles. The van der Waals surface area contributed by atoms with E-state index in [1.54, 1.807) is 0 Å². The molecule has 0 aromatic rings. The number of carbonyl (C=O) groups excluding carboxylic acids is 1. The largest absolute Gasteiger partial charge is 0.394 e. The van der Waals surface area contributed by atoms with Crippen molar-refractivity contribution in [2.75, 3.05) is 20.3 Å². The summed E-state index contributed by atoms with van der Waals surface area (Å²) in [5.41, 5.74) is 0. The number of carbonyl (C=O) groups is 1. The molecular formula is C18H33NO8. The highest BCUT2D eigenvalue weighted by Gasteiger charge is 2.44. The van der Waals surface area contributed by atoms with Crippen LogP contribution < -0.4 is 5.32 Å². The summed E-state index contributed by atoms with van der Waals surface area (Å²) in [5, 5.41) is 41.6. The SMILES string of the molecule is CCCC/C=C/[C@H](OC)[C@H](CO[C@@H]1OC(CO)[C@@H](O)C(O)[C@@H]1O)NC(C)=O. The van der Waals surface area contributed by atoms with E-state index in [4.69, 9.17) is 14.2 Å². The molecule has 0 aromatic heterocycles. The van der Waals surface area contributed by atoms with E-state index < -0.39 is 49.5 Å². The van der Waals surface area contributed by atoms with E-state index >= 15 is 0 Å². The Morgan fingerprint density at radius 3 is 2.52 bits per heavy atom. The Morgan fingerprint density at radius 1 is 1.26 bits per heavy atom. The number of aliphatic hydroxyl groups excluding tert-OH is 4. The van der Waals surface area contributed by atoms with Gasteiger partial charge < -0.3 is 40.0 Å². The molecule has 5 N–H and O–H groups in total. The zero-order valence-corrected chi connectivity index (χ0v) is 16.2. The average Bonchev–Trinajstić information content (AvgIpc) is 2.64. The zero-order chi connectivity index (χ0) is 20.4. The normalized spacial score (nSPS) is 31.0. The maximum atomic E-state index is 11.5. The molecule has 7 atom stereocenters. The van der Waals surface area contributed by atoms with Crippen LogP contribution >= 0.6 is 0 Å². The highest BCUT2D eigenvalue weighted by atomic mass is 16.7. The van der Waals surface area contributed by atoms with E-state index in [0.717, 1.165) is 19.3 Å². The monoisotopic (exact) mass is 391 g/mol. The smallest absolute Gasteiger partial charge is 0.217 e. The van der Waals surface area contributed by atoms with Crippen molar-refractivity contribution in [2.45, 2.75) is 76.0 Å². The molecule has 9 nitrogen and oxygen atoms in total. The van der Waals surface area contributed by atoms with Gasteiger partial charge in [-0.3, -0.25) is 4.79 Å². The van der Waals surface area contributed by atoms with Crippen LogP contribution in [0.5, 0.6) is 0 Å². The first-order valence-electron chi connectivity index (χ1n) is 9.24. The Hall–Kier alpha value is -1.07. The van der Waals surface area contributed by atoms with Gasteiger partial charge in [0.05, 0.1) is 25.4 Å². The molecule has 9 heteroatoms. The maximum Gasteiger partial charge on any atom is 0.217 e. The summed E-state index contributed by atoms with van der Waals surface area (Å²) in [6, 6.07) is -0.558. The first kappa shape index (κ1) is 24.0. The van der Waals surface area contributed by atoms with Crippen LogP contribution in [0.2, 0.25) is 0 Å². The number of allylic oxidation sites excluding steroid dienone is 1. The second kappa shape index (κ2) is 12.4. The molecule has 1 saturated heterocycles. The molecule has 158 valence electrons. The molecule has 0 spiro atoms. The van der Waals surface area contributed by atoms with Crippen molar-refractivity contribution in [2.24, 2.45) is 0 Å². The van der Waals surface area contributed by atoms with Gasteiger partial charge in [0.15, 0.2) is 6.29 Å². The third-order valence-corrected chi connectivity index (χ3v) is 4.40. The van der Waals surface area contributed by atoms with E-state index in [1.807, 2.05) is 12.2 Å². The van der Waals surface area contributed by atoms with Crippen LogP contribution in [0.4, 0.5) is 0 Å². The number of nitrogens with one attached hydrogen (secondary N) is 1. The van der Waals surface area contributed by atoms with Gasteiger partial charge in [-0.15, -0.1) is 0 Å². The van der Waals surface area contributed by atoms with Crippen molar-refractivity contribution < 1.29 is 39.4 Å². The van der Waals surface area contributed by atoms with Crippen LogP contribution in [-0.4, -0.2) is 89.5 Å². The van der Waals surface area contributed by atoms with Gasteiger partial charge in [-0.2, -0.15) is 0 Å². The molecule has 1 fully saturated rings. The molecular weight excluding hydrogens is 358 g/mol. The predicted octanol–water partition coefficient (Wildman–Crippen LogP) is -0.931. The third-order valence-electron chi connectivity index (χ3n) is 4.40. The summed E-state index contributed by atoms with van der Waals surface area (Å²) in [7, 11) is 1.51. The molecule has 27 heavy (non-hydrogen) atoms. The molecule has 0 radical (unpaired) electrons. The minimum atomic E-state index is -1.52. The van der Waals surface area contributed by atoms with Crippen LogP contribution in [0, 0.1) is 0 Å². The lowest BCUT2D eigenvalue weighted by Crippen LogP contribution is -2.60. The van der Waals surface area contributed by atoms with E-state index in [0.29, 0.717) is 0 Å². The zero-order valence-electron chi connectivity index (χ0n) is 16.2. The Balaban J connectivity index is 2.75. The lowest BCUT2D eigenvalue weighted by atomic mass is 9.99. The van der Waals surface area contributed by atoms with E-state index in [1.165, 1.54) is 14.0 Å². The predicted molar refractivity (Wildman–Crippen MR) is 96.8 cm³/mol. The summed E-state index contributed by atoms with van der Waals surface area (Å²) in [6.07, 6.45) is -0.451. The van der Waals surface area contributed by atoms with Gasteiger partial charge in [-0.25, -0.2) is 0 Å². The summed E-state index contributed by atoms with van der Waals surface area (Å²) in [6.45, 7) is 2.85. The minimum Gasteiger partial charge on any atom is -0.394 e. The van der Waals surface area contributed by atoms with Crippen molar-refractivity contribution in [1.82, 2.24) is 5.32 Å². The number of hydrogen-bond acceptors (Lipinski definition) is 8. The molecule has 0 aliphatic carbocycles. The van der Waals surface area contributed by atoms with Crippen LogP contribution in [-0.2, 0) is 19.0 Å². The number of unbranched alkanes of at least 4 members (excludes halogenated alkanes) is 2. The lowest BCUT2D eigenvalue weighted by Gasteiger charge is -2.40. The fourth-order valence-corrected chi connectivity index (χ4v) is 2.81. The second-order valence-corrected chi connectivity index (χ2v) is 6.61. The third kappa shape index (κ3) is 7.46. The average molecular weight is 391 g/mol. The Bertz CT molecular complexity index is 459. The number of rotatable bonds is 11. The number of aliphatic hydroxyl groups is 4. The number of amides is 1. The van der Waals surface area contributed by atoms with Crippen molar-refractivity contribution in [1.29, 1.82) is 0 Å². The molecule has 0 bridgehead atoms. The first-order chi connectivity index (χ1) is 12.8. The van der Waals surface area contributed by atoms with Crippen molar-refractivity contribution in [3.63, 3.8) is 0 Å². The van der Waals surface area contributed by atoms with Crippen LogP contribution in [0.3, 0.4) is 0 Å². The van der Waals surface area contributed by atoms with Gasteiger partial charge >= 0.3 is 0 Å². The highest BCUT2D eigenvalue weighted by Crippen LogP contribution is 2.22. The molecule has 2 unspecified atom stereocenters. The fraction of sp³-hybridized carbons (Fsp3) is 0.833. The first-order valence-corrected chi connectivity index (χ1v) is 9.24. The van der Waals surface area contributed by atoms with Gasteiger partial charge in [-0.1, -0.05) is 31.9 Å². The fourth-order valence-electron chi connectivity index (χ4n) is 2.81. The quantitative estimate of drug-likeness (QED) is 0.225. The van der Waals surface area contributed by atoms with E-state index in [2.05, 4.69) is 12.2 Å². The standard InChI is InChI=1S/C18H33NO8/c1-4-5-6-7-8-13(25-3)12(19-11(2)21)10-26-18-17(24)16(23)15(22)14(9-20)27-18/h7-8,12-18,20,22-24H,4-6,9-10H2,1-3H3,(H,19,21)/b8-7+/t12-,13-,14?,15+,16?,17-,18+/m0/s1. The lowest BCUT2D eigenvalue weighted by molar-refractivity contribution is -0.302. The Kier molecular flexibility index (Phi) is 11.0. The van der Waals surface area contributed by atoms with Crippen LogP contribution in [0.1, 0.15) is 33.1 Å². The van der Waals surface area contributed by atoms with Crippen molar-refractivity contribution >= 4 is 5.91 Å². The molecule has 1 aliphatic heterocycles. The number of hydrogen-bond donors (Lipinski definition) is 5.